The zero-order valence-electron chi connectivity index (χ0n) is 18.4. The molecular formula is C22H22N4O6S. The zero-order chi connectivity index (χ0) is 24.5. The van der Waals surface area contributed by atoms with Crippen LogP contribution in [0.25, 0.3) is 11.0 Å². The van der Waals surface area contributed by atoms with Gasteiger partial charge in [-0.25, -0.2) is 22.7 Å². The number of hydrogen-bond acceptors (Lipinski definition) is 8. The predicted molar refractivity (Wildman–Crippen MR) is 120 cm³/mol. The van der Waals surface area contributed by atoms with Gasteiger partial charge in [0.15, 0.2) is 5.75 Å². The first-order valence-corrected chi connectivity index (χ1v) is 11.2. The maximum atomic E-state index is 12.8. The Labute approximate surface area is 190 Å². The van der Waals surface area contributed by atoms with Crippen molar-refractivity contribution in [2.45, 2.75) is 17.9 Å². The van der Waals surface area contributed by atoms with Crippen LogP contribution in [0.1, 0.15) is 28.3 Å². The summed E-state index contributed by atoms with van der Waals surface area (Å²) in [6.07, 6.45) is -0.694. The van der Waals surface area contributed by atoms with E-state index in [-0.39, 0.29) is 27.4 Å². The van der Waals surface area contributed by atoms with Crippen molar-refractivity contribution < 1.29 is 22.4 Å². The second-order valence-electron chi connectivity index (χ2n) is 7.40. The van der Waals surface area contributed by atoms with Crippen LogP contribution >= 0.6 is 0 Å². The number of carbonyl (C=O) groups is 1. The van der Waals surface area contributed by atoms with Gasteiger partial charge in [-0.3, -0.25) is 0 Å². The van der Waals surface area contributed by atoms with Crippen LogP contribution in [0.15, 0.2) is 50.5 Å². The van der Waals surface area contributed by atoms with Crippen molar-refractivity contribution in [1.82, 2.24) is 9.62 Å². The Morgan fingerprint density at radius 2 is 1.97 bits per heavy atom. The Bertz CT molecular complexity index is 1450. The maximum Gasteiger partial charge on any atom is 0.414 e. The molecule has 10 nitrogen and oxygen atoms in total. The van der Waals surface area contributed by atoms with Gasteiger partial charge in [-0.05, 0) is 43.3 Å². The van der Waals surface area contributed by atoms with E-state index in [1.54, 1.807) is 13.0 Å². The van der Waals surface area contributed by atoms with E-state index < -0.39 is 27.8 Å². The number of hydrogen-bond donors (Lipinski definition) is 2. The van der Waals surface area contributed by atoms with Gasteiger partial charge in [0.1, 0.15) is 11.7 Å². The molecule has 1 unspecified atom stereocenters. The fraction of sp³-hybridized carbons (Fsp3) is 0.227. The summed E-state index contributed by atoms with van der Waals surface area (Å²) in [6.45, 7) is 1.65. The van der Waals surface area contributed by atoms with E-state index >= 15 is 0 Å². The standard InChI is InChI=1S/C22H22N4O6S/c1-12-16-9-14(11-23)17(32-22(28)26(3)4)10-18(16)31-21(27)19(12)20(24)13-6-5-7-15(8-13)33(29,30)25-2/h5-10,20,25H,24H2,1-4H3. The van der Waals surface area contributed by atoms with Crippen LogP contribution in [0, 0.1) is 18.3 Å². The fourth-order valence-corrected chi connectivity index (χ4v) is 4.05. The van der Waals surface area contributed by atoms with Crippen molar-refractivity contribution in [3.05, 3.63) is 69.1 Å². The first kappa shape index (κ1) is 23.9. The third-order valence-corrected chi connectivity index (χ3v) is 6.51. The minimum Gasteiger partial charge on any atom is -0.422 e. The van der Waals surface area contributed by atoms with Crippen molar-refractivity contribution in [2.75, 3.05) is 21.1 Å². The molecule has 0 fully saturated rings. The number of amides is 1. The Balaban J connectivity index is 2.16. The van der Waals surface area contributed by atoms with Gasteiger partial charge in [0.25, 0.3) is 0 Å². The van der Waals surface area contributed by atoms with E-state index in [2.05, 4.69) is 4.72 Å². The molecular weight excluding hydrogens is 448 g/mol. The van der Waals surface area contributed by atoms with Crippen LogP contribution < -0.4 is 20.8 Å². The van der Waals surface area contributed by atoms with Crippen LogP contribution in [0.3, 0.4) is 0 Å². The molecule has 0 aliphatic carbocycles. The molecule has 0 spiro atoms. The number of aryl methyl sites for hydroxylation is 1. The largest absolute Gasteiger partial charge is 0.422 e. The quantitative estimate of drug-likeness (QED) is 0.536. The number of sulfonamides is 1. The number of carbonyl (C=O) groups excluding carboxylic acids is 1. The van der Waals surface area contributed by atoms with E-state index in [1.807, 2.05) is 6.07 Å². The number of fused-ring (bicyclic) bond motifs is 1. The lowest BCUT2D eigenvalue weighted by molar-refractivity contribution is 0.172. The molecule has 3 N–H and O–H groups in total. The third kappa shape index (κ3) is 4.58. The number of nitrogens with one attached hydrogen (secondary N) is 1. The van der Waals surface area contributed by atoms with Crippen LogP contribution in [0.4, 0.5) is 4.79 Å². The van der Waals surface area contributed by atoms with Crippen molar-refractivity contribution >= 4 is 27.1 Å². The number of nitrogens with two attached hydrogens (primary N) is 1. The molecule has 3 rings (SSSR count). The van der Waals surface area contributed by atoms with Crippen molar-refractivity contribution in [3.8, 4) is 11.8 Å². The highest BCUT2D eigenvalue weighted by atomic mass is 32.2. The topological polar surface area (TPSA) is 156 Å². The first-order valence-electron chi connectivity index (χ1n) is 9.69. The second kappa shape index (κ2) is 9.03. The summed E-state index contributed by atoms with van der Waals surface area (Å²) >= 11 is 0. The molecule has 1 atom stereocenters. The number of nitrogens with zero attached hydrogens (tertiary/aromatic N) is 2. The summed E-state index contributed by atoms with van der Waals surface area (Å²) in [7, 11) is 0.564. The summed E-state index contributed by atoms with van der Waals surface area (Å²) in [4.78, 5) is 25.9. The average molecular weight is 471 g/mol. The van der Waals surface area contributed by atoms with Gasteiger partial charge in [-0.2, -0.15) is 5.26 Å². The molecule has 0 saturated heterocycles. The third-order valence-electron chi connectivity index (χ3n) is 5.10. The Morgan fingerprint density at radius 3 is 2.58 bits per heavy atom. The van der Waals surface area contributed by atoms with E-state index in [0.717, 1.165) is 0 Å². The highest BCUT2D eigenvalue weighted by molar-refractivity contribution is 7.89. The average Bonchev–Trinajstić information content (AvgIpc) is 2.78. The Kier molecular flexibility index (Phi) is 6.55. The van der Waals surface area contributed by atoms with Crippen molar-refractivity contribution in [2.24, 2.45) is 5.73 Å². The number of nitriles is 1. The van der Waals surface area contributed by atoms with E-state index in [1.165, 1.54) is 56.4 Å². The lowest BCUT2D eigenvalue weighted by atomic mass is 9.95. The molecule has 172 valence electrons. The van der Waals surface area contributed by atoms with Gasteiger partial charge in [0.05, 0.1) is 22.1 Å². The second-order valence-corrected chi connectivity index (χ2v) is 9.29. The molecule has 3 aromatic rings. The number of ether oxygens (including phenoxy) is 1. The van der Waals surface area contributed by atoms with Crippen LogP contribution in [0.2, 0.25) is 0 Å². The smallest absolute Gasteiger partial charge is 0.414 e. The maximum absolute atomic E-state index is 12.8. The van der Waals surface area contributed by atoms with Gasteiger partial charge < -0.3 is 19.8 Å². The monoisotopic (exact) mass is 470 g/mol. The molecule has 1 heterocycles. The van der Waals surface area contributed by atoms with Gasteiger partial charge in [-0.1, -0.05) is 12.1 Å². The Hall–Kier alpha value is -3.72. The van der Waals surface area contributed by atoms with Gasteiger partial charge in [-0.15, -0.1) is 0 Å². The van der Waals surface area contributed by atoms with E-state index in [4.69, 9.17) is 14.9 Å². The van der Waals surface area contributed by atoms with Crippen molar-refractivity contribution in [1.29, 1.82) is 5.26 Å². The zero-order valence-corrected chi connectivity index (χ0v) is 19.2. The minimum absolute atomic E-state index is 0.0000957. The van der Waals surface area contributed by atoms with E-state index in [0.29, 0.717) is 16.5 Å². The highest BCUT2D eigenvalue weighted by Gasteiger charge is 2.23. The lowest BCUT2D eigenvalue weighted by Gasteiger charge is -2.17. The first-order chi connectivity index (χ1) is 15.5. The molecule has 0 bridgehead atoms. The van der Waals surface area contributed by atoms with Crippen molar-refractivity contribution in [3.63, 3.8) is 0 Å². The van der Waals surface area contributed by atoms with Gasteiger partial charge in [0.2, 0.25) is 10.0 Å². The number of rotatable bonds is 5. The molecule has 33 heavy (non-hydrogen) atoms. The summed E-state index contributed by atoms with van der Waals surface area (Å²) in [6, 6.07) is 9.64. The van der Waals surface area contributed by atoms with Gasteiger partial charge >= 0.3 is 11.7 Å². The molecule has 0 saturated carbocycles. The minimum atomic E-state index is -3.71. The SMILES string of the molecule is CNS(=O)(=O)c1cccc(C(N)c2c(C)c3cc(C#N)c(OC(=O)N(C)C)cc3oc2=O)c1. The molecule has 1 amide bonds. The van der Waals surface area contributed by atoms with Crippen LogP contribution in [0.5, 0.6) is 5.75 Å². The molecule has 0 aliphatic rings. The summed E-state index contributed by atoms with van der Waals surface area (Å²) in [5, 5.41) is 9.96. The molecule has 0 aliphatic heterocycles. The van der Waals surface area contributed by atoms with E-state index in [9.17, 15) is 23.3 Å². The fourth-order valence-electron chi connectivity index (χ4n) is 3.27. The predicted octanol–water partition coefficient (Wildman–Crippen LogP) is 1.99. The lowest BCUT2D eigenvalue weighted by Crippen LogP contribution is -2.25. The number of benzene rings is 2. The normalized spacial score (nSPS) is 12.2. The summed E-state index contributed by atoms with van der Waals surface area (Å²) in [5.74, 6) is -0.0479. The Morgan fingerprint density at radius 1 is 1.27 bits per heavy atom. The highest BCUT2D eigenvalue weighted by Crippen LogP contribution is 2.31. The molecule has 0 radical (unpaired) electrons. The molecule has 1 aromatic heterocycles. The van der Waals surface area contributed by atoms with Gasteiger partial charge in [0, 0.05) is 25.5 Å². The van der Waals surface area contributed by atoms with Crippen LogP contribution in [-0.4, -0.2) is 40.6 Å². The summed E-state index contributed by atoms with van der Waals surface area (Å²) in [5.41, 5.74) is 6.75. The molecule has 2 aromatic carbocycles. The summed E-state index contributed by atoms with van der Waals surface area (Å²) < 4.78 is 37.2. The molecule has 11 heteroatoms. The van der Waals surface area contributed by atoms with Crippen LogP contribution in [-0.2, 0) is 10.0 Å².